The molecule has 0 fully saturated rings. The summed E-state index contributed by atoms with van der Waals surface area (Å²) in [5, 5.41) is 5.48. The van der Waals surface area contributed by atoms with E-state index in [0.717, 1.165) is 22.4 Å². The molecule has 0 aliphatic carbocycles. The van der Waals surface area contributed by atoms with Gasteiger partial charge in [-0.15, -0.1) is 44.8 Å². The molecule has 0 amide bonds. The first kappa shape index (κ1) is 44.7. The van der Waals surface area contributed by atoms with E-state index in [-0.39, 0.29) is 26.2 Å². The molecular weight excluding hydrogens is 792 g/mol. The van der Waals surface area contributed by atoms with E-state index in [9.17, 15) is 0 Å². The predicted molar refractivity (Wildman–Crippen MR) is 255 cm³/mol. The topological polar surface area (TPSA) is 0 Å². The van der Waals surface area contributed by atoms with Crippen LogP contribution in [-0.4, -0.2) is 9.52 Å². The van der Waals surface area contributed by atoms with Crippen molar-refractivity contribution < 1.29 is 26.2 Å². The van der Waals surface area contributed by atoms with Gasteiger partial charge in [0, 0.05) is 9.52 Å². The van der Waals surface area contributed by atoms with Crippen molar-refractivity contribution >= 4 is 31.1 Å². The van der Waals surface area contributed by atoms with Crippen LogP contribution in [-0.2, 0) is 39.0 Å². The molecule has 0 aliphatic heterocycles. The minimum Gasteiger partial charge on any atom is -0.164 e. The molecule has 0 heterocycles. The molecule has 0 saturated heterocycles. The molecule has 0 bridgehead atoms. The molecular formula is C56H60SiZr. The molecule has 292 valence electrons. The van der Waals surface area contributed by atoms with Crippen molar-refractivity contribution in [1.82, 2.24) is 0 Å². The Kier molecular flexibility index (Phi) is 15.1. The summed E-state index contributed by atoms with van der Waals surface area (Å²) in [5.74, 6) is 0. The molecule has 8 aromatic carbocycles. The zero-order valence-corrected chi connectivity index (χ0v) is 40.4. The molecule has 0 N–H and O–H groups in total. The maximum absolute atomic E-state index is 2.38. The van der Waals surface area contributed by atoms with Gasteiger partial charge in [-0.3, -0.25) is 0 Å². The molecule has 0 unspecified atom stereocenters. The SMILES string of the molecule is CCc1cc2c(-c3cc(C)cc(C)c3)ccc(-c3cc(C)cc(C)c3)c2[cH-]1.CCc1cc2c(-c3cc(C)cc(C)c3)ccc(-c3cc(C)cc(C)c3)c2[cH-]1.C[Si]C.[Zr+2]. The maximum atomic E-state index is 2.38. The van der Waals surface area contributed by atoms with Crippen LogP contribution >= 0.6 is 0 Å². The van der Waals surface area contributed by atoms with E-state index >= 15 is 0 Å². The Morgan fingerprint density at radius 1 is 0.362 bits per heavy atom. The second-order valence-electron chi connectivity index (χ2n) is 16.4. The number of fused-ring (bicyclic) bond motifs is 2. The number of hydrogen-bond donors (Lipinski definition) is 0. The second kappa shape index (κ2) is 19.6. The average molecular weight is 852 g/mol. The normalized spacial score (nSPS) is 10.8. The van der Waals surface area contributed by atoms with E-state index in [1.165, 1.54) is 122 Å². The molecule has 8 rings (SSSR count). The first-order valence-corrected chi connectivity index (χ1v) is 22.7. The Labute approximate surface area is 371 Å². The Bertz CT molecular complexity index is 2240. The quantitative estimate of drug-likeness (QED) is 0.115. The summed E-state index contributed by atoms with van der Waals surface area (Å²) in [4.78, 5) is 0. The van der Waals surface area contributed by atoms with E-state index in [2.05, 4.69) is 204 Å². The summed E-state index contributed by atoms with van der Waals surface area (Å²) in [7, 11) is 1.08. The first-order chi connectivity index (χ1) is 27.3. The van der Waals surface area contributed by atoms with Crippen LogP contribution in [0.2, 0.25) is 13.1 Å². The zero-order valence-electron chi connectivity index (χ0n) is 37.0. The minimum atomic E-state index is 0. The summed E-state index contributed by atoms with van der Waals surface area (Å²) >= 11 is 0. The van der Waals surface area contributed by atoms with E-state index in [1.54, 1.807) is 0 Å². The van der Waals surface area contributed by atoms with Crippen LogP contribution in [0.15, 0.2) is 121 Å². The Morgan fingerprint density at radius 3 is 0.828 bits per heavy atom. The molecule has 0 aromatic heterocycles. The van der Waals surface area contributed by atoms with Gasteiger partial charge >= 0.3 is 26.2 Å². The van der Waals surface area contributed by atoms with E-state index in [4.69, 9.17) is 0 Å². The van der Waals surface area contributed by atoms with Crippen molar-refractivity contribution in [2.45, 2.75) is 95.2 Å². The van der Waals surface area contributed by atoms with Crippen LogP contribution in [0.5, 0.6) is 0 Å². The molecule has 2 heteroatoms. The molecule has 8 aromatic rings. The number of aryl methyl sites for hydroxylation is 10. The van der Waals surface area contributed by atoms with E-state index in [0.29, 0.717) is 0 Å². The third kappa shape index (κ3) is 10.3. The van der Waals surface area contributed by atoms with Crippen LogP contribution in [0.25, 0.3) is 66.1 Å². The van der Waals surface area contributed by atoms with Crippen LogP contribution < -0.4 is 0 Å². The molecule has 0 aliphatic rings. The largest absolute Gasteiger partial charge is 2.00 e. The van der Waals surface area contributed by atoms with Gasteiger partial charge in [-0.1, -0.05) is 202 Å². The predicted octanol–water partition coefficient (Wildman–Crippen LogP) is 16.2. The van der Waals surface area contributed by atoms with Gasteiger partial charge in [0.15, 0.2) is 0 Å². The molecule has 0 nitrogen and oxygen atoms in total. The van der Waals surface area contributed by atoms with Gasteiger partial charge in [-0.05, 0) is 79.4 Å². The van der Waals surface area contributed by atoms with E-state index in [1.807, 2.05) is 0 Å². The van der Waals surface area contributed by atoms with Crippen LogP contribution in [0.3, 0.4) is 0 Å². The summed E-state index contributed by atoms with van der Waals surface area (Å²) in [6, 6.07) is 46.2. The third-order valence-electron chi connectivity index (χ3n) is 10.8. The number of hydrogen-bond acceptors (Lipinski definition) is 0. The average Bonchev–Trinajstić information content (AvgIpc) is 3.78. The summed E-state index contributed by atoms with van der Waals surface area (Å²) in [6.07, 6.45) is 2.13. The minimum absolute atomic E-state index is 0. The van der Waals surface area contributed by atoms with Crippen molar-refractivity contribution in [3.05, 3.63) is 177 Å². The van der Waals surface area contributed by atoms with Gasteiger partial charge in [-0.25, -0.2) is 0 Å². The molecule has 0 saturated carbocycles. The molecule has 2 radical (unpaired) electrons. The zero-order chi connectivity index (χ0) is 41.0. The van der Waals surface area contributed by atoms with Crippen molar-refractivity contribution in [2.24, 2.45) is 0 Å². The van der Waals surface area contributed by atoms with Crippen LogP contribution in [0.1, 0.15) is 69.5 Å². The summed E-state index contributed by atoms with van der Waals surface area (Å²) in [6.45, 7) is 26.2. The van der Waals surface area contributed by atoms with Crippen LogP contribution in [0.4, 0.5) is 0 Å². The monoisotopic (exact) mass is 850 g/mol. The van der Waals surface area contributed by atoms with Crippen molar-refractivity contribution in [2.75, 3.05) is 0 Å². The maximum Gasteiger partial charge on any atom is 2.00 e. The first-order valence-electron chi connectivity index (χ1n) is 20.7. The van der Waals surface area contributed by atoms with Gasteiger partial charge in [0.05, 0.1) is 0 Å². The van der Waals surface area contributed by atoms with Gasteiger partial charge in [-0.2, -0.15) is 12.1 Å². The fraction of sp³-hybridized carbons (Fsp3) is 0.250. The van der Waals surface area contributed by atoms with Gasteiger partial charge < -0.3 is 0 Å². The smallest absolute Gasteiger partial charge is 0.164 e. The van der Waals surface area contributed by atoms with Gasteiger partial charge in [0.2, 0.25) is 0 Å². The van der Waals surface area contributed by atoms with Crippen LogP contribution in [0, 0.1) is 55.4 Å². The van der Waals surface area contributed by atoms with Crippen molar-refractivity contribution in [1.29, 1.82) is 0 Å². The summed E-state index contributed by atoms with van der Waals surface area (Å²) < 4.78 is 0. The Hall–Kier alpha value is -4.36. The number of rotatable bonds is 6. The molecule has 58 heavy (non-hydrogen) atoms. The second-order valence-corrected chi connectivity index (χ2v) is 17.4. The van der Waals surface area contributed by atoms with Crippen molar-refractivity contribution in [3.8, 4) is 44.5 Å². The fourth-order valence-corrected chi connectivity index (χ4v) is 8.66. The number of benzene rings is 6. The van der Waals surface area contributed by atoms with E-state index < -0.39 is 0 Å². The fourth-order valence-electron chi connectivity index (χ4n) is 8.66. The standard InChI is InChI=1S/2C27H27.C2H6Si.Zr/c2*1-6-21-15-26-24(22-11-17(2)9-18(3)12-22)7-8-25(27(26)16-21)23-13-19(4)10-20(5)14-23;1-3-2;/h2*7-16H,6H2,1-5H3;1-2H3;/q2*-1;;+2. The molecule has 0 atom stereocenters. The van der Waals surface area contributed by atoms with Crippen molar-refractivity contribution in [3.63, 3.8) is 0 Å². The Morgan fingerprint density at radius 2 is 0.586 bits per heavy atom. The molecule has 0 spiro atoms. The third-order valence-corrected chi connectivity index (χ3v) is 10.8. The van der Waals surface area contributed by atoms with Gasteiger partial charge in [0.25, 0.3) is 0 Å². The Balaban J connectivity index is 0.000000204. The summed E-state index contributed by atoms with van der Waals surface area (Å²) in [5.41, 5.74) is 24.0. The van der Waals surface area contributed by atoms with Gasteiger partial charge in [0.1, 0.15) is 0 Å².